The van der Waals surface area contributed by atoms with Crippen molar-refractivity contribution in [1.29, 1.82) is 0 Å². The quantitative estimate of drug-likeness (QED) is 0.411. The van der Waals surface area contributed by atoms with Crippen LogP contribution in [-0.2, 0) is 4.79 Å². The van der Waals surface area contributed by atoms with Crippen LogP contribution in [0.25, 0.3) is 10.9 Å². The summed E-state index contributed by atoms with van der Waals surface area (Å²) in [5.74, 6) is -0.155. The molecule has 0 bridgehead atoms. The zero-order valence-electron chi connectivity index (χ0n) is 18.7. The molecule has 0 saturated carbocycles. The predicted molar refractivity (Wildman–Crippen MR) is 131 cm³/mol. The molecule has 5 rings (SSSR count). The zero-order valence-corrected chi connectivity index (χ0v) is 18.7. The summed E-state index contributed by atoms with van der Waals surface area (Å²) >= 11 is 0. The summed E-state index contributed by atoms with van der Waals surface area (Å²) in [5.41, 5.74) is 3.85. The summed E-state index contributed by atoms with van der Waals surface area (Å²) < 4.78 is 0. The van der Waals surface area contributed by atoms with E-state index >= 15 is 0 Å². The molecule has 0 spiro atoms. The zero-order chi connectivity index (χ0) is 22.9. The van der Waals surface area contributed by atoms with Crippen molar-refractivity contribution in [1.82, 2.24) is 4.98 Å². The van der Waals surface area contributed by atoms with Gasteiger partial charge in [-0.05, 0) is 49.2 Å². The number of carbonyl (C=O) groups is 2. The maximum absolute atomic E-state index is 13.7. The lowest BCUT2D eigenvalue weighted by Crippen LogP contribution is -2.47. The first-order valence-electron chi connectivity index (χ1n) is 11.2. The van der Waals surface area contributed by atoms with Gasteiger partial charge in [0.1, 0.15) is 5.69 Å². The third kappa shape index (κ3) is 3.76. The Morgan fingerprint density at radius 2 is 1.58 bits per heavy atom. The number of rotatable bonds is 3. The molecule has 2 unspecified atom stereocenters. The Hall–Kier alpha value is -3.99. The van der Waals surface area contributed by atoms with Crippen LogP contribution in [0.3, 0.4) is 0 Å². The van der Waals surface area contributed by atoms with Gasteiger partial charge in [0.2, 0.25) is 5.91 Å². The van der Waals surface area contributed by atoms with E-state index in [-0.39, 0.29) is 23.9 Å². The minimum absolute atomic E-state index is 0.0239. The summed E-state index contributed by atoms with van der Waals surface area (Å²) in [5, 5.41) is 1.00. The average molecular weight is 436 g/mol. The van der Waals surface area contributed by atoms with Crippen LogP contribution in [0, 0.1) is 0 Å². The Morgan fingerprint density at radius 3 is 2.36 bits per heavy atom. The average Bonchev–Trinajstić information content (AvgIpc) is 2.84. The molecule has 5 nitrogen and oxygen atoms in total. The van der Waals surface area contributed by atoms with E-state index in [1.165, 1.54) is 0 Å². The first-order valence-corrected chi connectivity index (χ1v) is 11.2. The number of amides is 2. The molecule has 1 aliphatic rings. The number of hydrogen-bond acceptors (Lipinski definition) is 3. The maximum atomic E-state index is 13.7. The highest BCUT2D eigenvalue weighted by Gasteiger charge is 2.38. The van der Waals surface area contributed by atoms with E-state index in [9.17, 15) is 9.59 Å². The van der Waals surface area contributed by atoms with Crippen LogP contribution < -0.4 is 9.80 Å². The number of carbonyl (C=O) groups excluding carboxylic acids is 2. The minimum atomic E-state index is -0.162. The van der Waals surface area contributed by atoms with Gasteiger partial charge in [-0.15, -0.1) is 0 Å². The van der Waals surface area contributed by atoms with Crippen molar-refractivity contribution in [2.45, 2.75) is 32.4 Å². The molecule has 2 heterocycles. The topological polar surface area (TPSA) is 53.5 Å². The molecule has 1 aliphatic heterocycles. The molecule has 5 heteroatoms. The van der Waals surface area contributed by atoms with Gasteiger partial charge in [-0.25, -0.2) is 4.98 Å². The molecule has 4 aromatic rings. The smallest absolute Gasteiger partial charge is 0.277 e. The predicted octanol–water partition coefficient (Wildman–Crippen LogP) is 5.77. The molecule has 0 saturated heterocycles. The normalized spacial score (nSPS) is 17.5. The number of para-hydroxylation sites is 3. The summed E-state index contributed by atoms with van der Waals surface area (Å²) in [7, 11) is 0. The van der Waals surface area contributed by atoms with Crippen molar-refractivity contribution in [3.63, 3.8) is 0 Å². The molecule has 2 atom stereocenters. The van der Waals surface area contributed by atoms with E-state index in [1.54, 1.807) is 13.0 Å². The van der Waals surface area contributed by atoms with Gasteiger partial charge >= 0.3 is 0 Å². The number of anilines is 2. The van der Waals surface area contributed by atoms with Crippen LogP contribution in [0.2, 0.25) is 0 Å². The van der Waals surface area contributed by atoms with Crippen molar-refractivity contribution in [2.24, 2.45) is 0 Å². The maximum Gasteiger partial charge on any atom is 0.277 e. The molecule has 0 N–H and O–H groups in total. The molecule has 0 aliphatic carbocycles. The van der Waals surface area contributed by atoms with Crippen molar-refractivity contribution >= 4 is 34.1 Å². The highest BCUT2D eigenvalue weighted by molar-refractivity contribution is 6.07. The van der Waals surface area contributed by atoms with Crippen molar-refractivity contribution in [2.75, 3.05) is 9.80 Å². The highest BCUT2D eigenvalue weighted by Crippen LogP contribution is 2.42. The Labute approximate surface area is 193 Å². The lowest BCUT2D eigenvalue weighted by atomic mass is 9.89. The van der Waals surface area contributed by atoms with Crippen LogP contribution >= 0.6 is 0 Å². The van der Waals surface area contributed by atoms with Gasteiger partial charge in [0.15, 0.2) is 0 Å². The second kappa shape index (κ2) is 8.51. The number of nitrogens with zero attached hydrogens (tertiary/aromatic N) is 3. The van der Waals surface area contributed by atoms with Crippen LogP contribution in [0.1, 0.15) is 42.4 Å². The van der Waals surface area contributed by atoms with Crippen LogP contribution in [0.5, 0.6) is 0 Å². The first-order chi connectivity index (χ1) is 16.0. The molecule has 0 radical (unpaired) electrons. The van der Waals surface area contributed by atoms with Gasteiger partial charge in [0.05, 0.1) is 11.6 Å². The van der Waals surface area contributed by atoms with E-state index in [2.05, 4.69) is 4.98 Å². The molecule has 33 heavy (non-hydrogen) atoms. The van der Waals surface area contributed by atoms with Crippen LogP contribution in [-0.4, -0.2) is 22.8 Å². The molecule has 3 aromatic carbocycles. The Bertz CT molecular complexity index is 1340. The second-order valence-electron chi connectivity index (χ2n) is 8.45. The third-order valence-corrected chi connectivity index (χ3v) is 6.28. The lowest BCUT2D eigenvalue weighted by molar-refractivity contribution is -0.117. The van der Waals surface area contributed by atoms with Gasteiger partial charge in [-0.3, -0.25) is 9.59 Å². The van der Waals surface area contributed by atoms with Gasteiger partial charge < -0.3 is 9.80 Å². The van der Waals surface area contributed by atoms with Crippen LogP contribution in [0.15, 0.2) is 91.0 Å². The fraction of sp³-hybridized carbons (Fsp3) is 0.179. The summed E-state index contributed by atoms with van der Waals surface area (Å²) in [6, 6.07) is 28.8. The Kier molecular flexibility index (Phi) is 5.38. The van der Waals surface area contributed by atoms with E-state index < -0.39 is 0 Å². The number of benzene rings is 3. The molecular formula is C28H25N3O2. The molecule has 0 fully saturated rings. The van der Waals surface area contributed by atoms with Crippen LogP contribution in [0.4, 0.5) is 11.4 Å². The minimum Gasteiger partial charge on any atom is -0.305 e. The third-order valence-electron chi connectivity index (χ3n) is 6.28. The molecule has 164 valence electrons. The van der Waals surface area contributed by atoms with Crippen molar-refractivity contribution in [3.8, 4) is 0 Å². The SMILES string of the molecule is CC(=O)N(c1ccccc1)C1CC(C)N(C(=O)c2ccc3ccccc3n2)c2ccccc21. The molecular weight excluding hydrogens is 410 g/mol. The van der Waals surface area contributed by atoms with Gasteiger partial charge in [0.25, 0.3) is 5.91 Å². The fourth-order valence-electron chi connectivity index (χ4n) is 4.81. The van der Waals surface area contributed by atoms with E-state index in [4.69, 9.17) is 0 Å². The number of fused-ring (bicyclic) bond motifs is 2. The van der Waals surface area contributed by atoms with E-state index in [0.29, 0.717) is 12.1 Å². The summed E-state index contributed by atoms with van der Waals surface area (Å²) in [6.07, 6.45) is 0.630. The fourth-order valence-corrected chi connectivity index (χ4v) is 4.81. The number of pyridine rings is 1. The standard InChI is InChI=1S/C28H25N3O2/c1-19-18-27(31(20(2)32)22-11-4-3-5-12-22)23-13-7-9-15-26(23)30(19)28(33)25-17-16-21-10-6-8-14-24(21)29-25/h3-17,19,27H,18H2,1-2H3. The number of hydrogen-bond donors (Lipinski definition) is 0. The summed E-state index contributed by atoms with van der Waals surface area (Å²) in [6.45, 7) is 3.63. The Balaban J connectivity index is 1.57. The first kappa shape index (κ1) is 20.9. The largest absolute Gasteiger partial charge is 0.305 e. The van der Waals surface area contributed by atoms with Crippen molar-refractivity contribution < 1.29 is 9.59 Å². The molecule has 1 aromatic heterocycles. The van der Waals surface area contributed by atoms with Gasteiger partial charge in [-0.2, -0.15) is 0 Å². The van der Waals surface area contributed by atoms with Crippen molar-refractivity contribution in [3.05, 3.63) is 102 Å². The van der Waals surface area contributed by atoms with Gasteiger partial charge in [-0.1, -0.05) is 60.7 Å². The Morgan fingerprint density at radius 1 is 0.879 bits per heavy atom. The van der Waals surface area contributed by atoms with Gasteiger partial charge in [0, 0.05) is 29.7 Å². The second-order valence-corrected chi connectivity index (χ2v) is 8.45. The highest BCUT2D eigenvalue weighted by atomic mass is 16.2. The monoisotopic (exact) mass is 435 g/mol. The molecule has 2 amide bonds. The summed E-state index contributed by atoms with van der Waals surface area (Å²) in [4.78, 5) is 34.7. The van der Waals surface area contributed by atoms with E-state index in [0.717, 1.165) is 27.8 Å². The number of aromatic nitrogens is 1. The lowest BCUT2D eigenvalue weighted by Gasteiger charge is -2.43. The van der Waals surface area contributed by atoms with E-state index in [1.807, 2.05) is 102 Å².